The standard InChI is InChI=1S/C13H15BrFN5O/c1-7(2)21-13-19-11(16-3)18-12(20-13)17-10-8(14)5-4-6-9(10)15/h4-7H,1-3H3,(H2,16,17,18,19,20). The van der Waals surface area contributed by atoms with Crippen LogP contribution in [0.15, 0.2) is 22.7 Å². The minimum absolute atomic E-state index is 0.0786. The van der Waals surface area contributed by atoms with E-state index in [2.05, 4.69) is 41.5 Å². The Bertz CT molecular complexity index is 618. The molecule has 0 radical (unpaired) electrons. The minimum Gasteiger partial charge on any atom is -0.461 e. The van der Waals surface area contributed by atoms with Gasteiger partial charge in [-0.2, -0.15) is 15.0 Å². The number of hydrogen-bond donors (Lipinski definition) is 2. The van der Waals surface area contributed by atoms with Gasteiger partial charge in [0, 0.05) is 11.5 Å². The smallest absolute Gasteiger partial charge is 0.323 e. The van der Waals surface area contributed by atoms with Gasteiger partial charge in [-0.25, -0.2) is 4.39 Å². The van der Waals surface area contributed by atoms with E-state index in [1.54, 1.807) is 19.2 Å². The maximum atomic E-state index is 13.8. The van der Waals surface area contributed by atoms with Crippen molar-refractivity contribution in [3.8, 4) is 6.01 Å². The molecular formula is C13H15BrFN5O. The van der Waals surface area contributed by atoms with Crippen LogP contribution in [0.3, 0.4) is 0 Å². The minimum atomic E-state index is -0.415. The number of benzene rings is 1. The van der Waals surface area contributed by atoms with Gasteiger partial charge in [-0.15, -0.1) is 0 Å². The summed E-state index contributed by atoms with van der Waals surface area (Å²) in [7, 11) is 1.68. The lowest BCUT2D eigenvalue weighted by Gasteiger charge is -2.12. The first-order valence-electron chi connectivity index (χ1n) is 6.31. The topological polar surface area (TPSA) is 72.0 Å². The highest BCUT2D eigenvalue weighted by Crippen LogP contribution is 2.28. The monoisotopic (exact) mass is 355 g/mol. The molecule has 0 amide bonds. The van der Waals surface area contributed by atoms with Crippen LogP contribution in [0.2, 0.25) is 0 Å². The summed E-state index contributed by atoms with van der Waals surface area (Å²) in [4.78, 5) is 12.3. The van der Waals surface area contributed by atoms with Crippen LogP contribution < -0.4 is 15.4 Å². The molecule has 1 aromatic carbocycles. The zero-order chi connectivity index (χ0) is 15.4. The van der Waals surface area contributed by atoms with Crippen molar-refractivity contribution in [1.82, 2.24) is 15.0 Å². The van der Waals surface area contributed by atoms with E-state index in [0.717, 1.165) is 0 Å². The van der Waals surface area contributed by atoms with Gasteiger partial charge in [0.1, 0.15) is 5.82 Å². The van der Waals surface area contributed by atoms with Crippen molar-refractivity contribution in [2.24, 2.45) is 0 Å². The van der Waals surface area contributed by atoms with Crippen LogP contribution in [0.4, 0.5) is 22.0 Å². The Hall–Kier alpha value is -1.96. The van der Waals surface area contributed by atoms with Gasteiger partial charge in [-0.1, -0.05) is 6.07 Å². The van der Waals surface area contributed by atoms with E-state index in [1.165, 1.54) is 6.07 Å². The second-order valence-electron chi connectivity index (χ2n) is 4.40. The lowest BCUT2D eigenvalue weighted by atomic mass is 10.3. The molecule has 0 unspecified atom stereocenters. The fourth-order valence-electron chi connectivity index (χ4n) is 1.52. The zero-order valence-corrected chi connectivity index (χ0v) is 13.4. The molecule has 2 N–H and O–H groups in total. The van der Waals surface area contributed by atoms with Crippen molar-refractivity contribution < 1.29 is 9.13 Å². The highest BCUT2D eigenvalue weighted by molar-refractivity contribution is 9.10. The van der Waals surface area contributed by atoms with Gasteiger partial charge in [0.15, 0.2) is 0 Å². The van der Waals surface area contributed by atoms with Crippen LogP contribution in [0, 0.1) is 5.82 Å². The molecule has 112 valence electrons. The Kier molecular flexibility index (Phi) is 4.89. The molecule has 1 aromatic heterocycles. The third-order valence-electron chi connectivity index (χ3n) is 2.38. The van der Waals surface area contributed by atoms with E-state index in [-0.39, 0.29) is 23.8 Å². The second kappa shape index (κ2) is 6.66. The first-order valence-corrected chi connectivity index (χ1v) is 7.10. The summed E-state index contributed by atoms with van der Waals surface area (Å²) in [6.45, 7) is 3.73. The van der Waals surface area contributed by atoms with E-state index in [4.69, 9.17) is 4.74 Å². The molecule has 0 fully saturated rings. The first kappa shape index (κ1) is 15.4. The lowest BCUT2D eigenvalue weighted by molar-refractivity contribution is 0.222. The molecule has 6 nitrogen and oxygen atoms in total. The van der Waals surface area contributed by atoms with Crippen LogP contribution in [0.25, 0.3) is 0 Å². The van der Waals surface area contributed by atoms with Crippen molar-refractivity contribution in [1.29, 1.82) is 0 Å². The van der Waals surface area contributed by atoms with E-state index in [1.807, 2.05) is 13.8 Å². The van der Waals surface area contributed by atoms with Crippen molar-refractivity contribution in [2.45, 2.75) is 20.0 Å². The van der Waals surface area contributed by atoms with Gasteiger partial charge in [-0.05, 0) is 41.9 Å². The summed E-state index contributed by atoms with van der Waals surface area (Å²) in [6.07, 6.45) is -0.0786. The molecule has 8 heteroatoms. The Balaban J connectivity index is 2.35. The fraction of sp³-hybridized carbons (Fsp3) is 0.308. The van der Waals surface area contributed by atoms with Gasteiger partial charge in [0.25, 0.3) is 0 Å². The number of hydrogen-bond acceptors (Lipinski definition) is 6. The lowest BCUT2D eigenvalue weighted by Crippen LogP contribution is -2.12. The molecular weight excluding hydrogens is 341 g/mol. The maximum absolute atomic E-state index is 13.8. The van der Waals surface area contributed by atoms with Crippen LogP contribution in [0.5, 0.6) is 6.01 Å². The van der Waals surface area contributed by atoms with Crippen LogP contribution >= 0.6 is 15.9 Å². The molecule has 21 heavy (non-hydrogen) atoms. The third kappa shape index (κ3) is 4.01. The Labute approximate surface area is 130 Å². The van der Waals surface area contributed by atoms with E-state index < -0.39 is 5.82 Å². The van der Waals surface area contributed by atoms with Crippen LogP contribution in [-0.4, -0.2) is 28.1 Å². The van der Waals surface area contributed by atoms with Crippen molar-refractivity contribution >= 4 is 33.5 Å². The Morgan fingerprint density at radius 2 is 1.90 bits per heavy atom. The van der Waals surface area contributed by atoms with E-state index in [9.17, 15) is 4.39 Å². The number of ether oxygens (including phenoxy) is 1. The normalized spacial score (nSPS) is 10.6. The predicted molar refractivity (Wildman–Crippen MR) is 82.5 cm³/mol. The van der Waals surface area contributed by atoms with Crippen molar-refractivity contribution in [3.63, 3.8) is 0 Å². The molecule has 2 aromatic rings. The zero-order valence-electron chi connectivity index (χ0n) is 11.8. The average Bonchev–Trinajstić information content (AvgIpc) is 2.42. The number of aromatic nitrogens is 3. The number of nitrogens with one attached hydrogen (secondary N) is 2. The Morgan fingerprint density at radius 1 is 1.19 bits per heavy atom. The number of para-hydroxylation sites is 1. The first-order chi connectivity index (χ1) is 9.99. The fourth-order valence-corrected chi connectivity index (χ4v) is 1.96. The molecule has 0 bridgehead atoms. The number of nitrogens with zero attached hydrogens (tertiary/aromatic N) is 3. The molecule has 0 atom stereocenters. The molecule has 0 aliphatic heterocycles. The maximum Gasteiger partial charge on any atom is 0.323 e. The highest BCUT2D eigenvalue weighted by atomic mass is 79.9. The predicted octanol–water partition coefficient (Wildman–Crippen LogP) is 3.35. The molecule has 2 rings (SSSR count). The number of rotatable bonds is 5. The van der Waals surface area contributed by atoms with Gasteiger partial charge >= 0.3 is 6.01 Å². The largest absolute Gasteiger partial charge is 0.461 e. The highest BCUT2D eigenvalue weighted by Gasteiger charge is 2.12. The SMILES string of the molecule is CNc1nc(Nc2c(F)cccc2Br)nc(OC(C)C)n1. The molecule has 0 spiro atoms. The molecule has 0 aliphatic carbocycles. The summed E-state index contributed by atoms with van der Waals surface area (Å²) in [6, 6.07) is 4.83. The van der Waals surface area contributed by atoms with E-state index in [0.29, 0.717) is 10.4 Å². The summed E-state index contributed by atoms with van der Waals surface area (Å²) in [5.41, 5.74) is 0.251. The summed E-state index contributed by atoms with van der Waals surface area (Å²) in [5, 5.41) is 5.63. The summed E-state index contributed by atoms with van der Waals surface area (Å²) < 4.78 is 19.8. The average molecular weight is 356 g/mol. The number of anilines is 3. The molecule has 0 saturated carbocycles. The second-order valence-corrected chi connectivity index (χ2v) is 5.26. The van der Waals surface area contributed by atoms with Gasteiger partial charge < -0.3 is 15.4 Å². The molecule has 0 aliphatic rings. The van der Waals surface area contributed by atoms with E-state index >= 15 is 0 Å². The summed E-state index contributed by atoms with van der Waals surface area (Å²) >= 11 is 3.28. The van der Waals surface area contributed by atoms with Crippen molar-refractivity contribution in [3.05, 3.63) is 28.5 Å². The van der Waals surface area contributed by atoms with Gasteiger partial charge in [0.05, 0.1) is 11.8 Å². The quantitative estimate of drug-likeness (QED) is 0.856. The van der Waals surface area contributed by atoms with Crippen molar-refractivity contribution in [2.75, 3.05) is 17.7 Å². The number of halogens is 2. The Morgan fingerprint density at radius 3 is 2.52 bits per heavy atom. The molecule has 1 heterocycles. The third-order valence-corrected chi connectivity index (χ3v) is 3.04. The summed E-state index contributed by atoms with van der Waals surface area (Å²) in [5.74, 6) is 0.105. The molecule has 0 saturated heterocycles. The van der Waals surface area contributed by atoms with Gasteiger partial charge in [0.2, 0.25) is 11.9 Å². The van der Waals surface area contributed by atoms with Gasteiger partial charge in [-0.3, -0.25) is 0 Å². The van der Waals surface area contributed by atoms with Crippen LogP contribution in [0.1, 0.15) is 13.8 Å². The van der Waals surface area contributed by atoms with Crippen LogP contribution in [-0.2, 0) is 0 Å².